The molecule has 3 aromatic rings. The van der Waals surface area contributed by atoms with Crippen molar-refractivity contribution in [1.82, 2.24) is 15.2 Å². The van der Waals surface area contributed by atoms with Gasteiger partial charge in [0.1, 0.15) is 11.5 Å². The van der Waals surface area contributed by atoms with Crippen LogP contribution in [0, 0.1) is 12.7 Å². The quantitative estimate of drug-likeness (QED) is 0.661. The smallest absolute Gasteiger partial charge is 0.273 e. The number of fused-ring (bicyclic) bond motifs is 1. The van der Waals surface area contributed by atoms with Gasteiger partial charge in [-0.1, -0.05) is 6.07 Å². The number of benzene rings is 1. The number of carbonyl (C=O) groups excluding carboxylic acids is 1. The van der Waals surface area contributed by atoms with Crippen molar-refractivity contribution in [1.29, 1.82) is 0 Å². The first kappa shape index (κ1) is 11.5. The second-order valence-corrected chi connectivity index (χ2v) is 4.27. The van der Waals surface area contributed by atoms with Gasteiger partial charge in [-0.05, 0) is 25.1 Å². The highest BCUT2D eigenvalue weighted by molar-refractivity contribution is 6.05. The Morgan fingerprint density at radius 3 is 2.89 bits per heavy atom. The highest BCUT2D eigenvalue weighted by atomic mass is 19.1. The van der Waals surface area contributed by atoms with Gasteiger partial charge in [-0.25, -0.2) is 4.39 Å². The Hall–Kier alpha value is -2.63. The maximum atomic E-state index is 13.5. The molecule has 5 nitrogen and oxygen atoms in total. The number of aromatic nitrogens is 3. The molecule has 1 amide bonds. The van der Waals surface area contributed by atoms with Crippen molar-refractivity contribution in [2.24, 2.45) is 0 Å². The lowest BCUT2D eigenvalue weighted by Gasteiger charge is -1.97. The number of rotatable bonds is 2. The molecular weight excluding hydrogens is 247 g/mol. The molecule has 0 atom stereocenters. The van der Waals surface area contributed by atoms with E-state index in [0.29, 0.717) is 22.4 Å². The molecule has 2 heterocycles. The van der Waals surface area contributed by atoms with Crippen LogP contribution in [0.25, 0.3) is 10.9 Å². The van der Waals surface area contributed by atoms with Crippen LogP contribution in [0.5, 0.6) is 0 Å². The molecule has 0 aliphatic rings. The monoisotopic (exact) mass is 258 g/mol. The minimum Gasteiger partial charge on any atom is -0.350 e. The molecule has 0 aliphatic heterocycles. The first-order chi connectivity index (χ1) is 9.13. The van der Waals surface area contributed by atoms with Crippen LogP contribution in [0.4, 0.5) is 10.2 Å². The number of aryl methyl sites for hydroxylation is 1. The van der Waals surface area contributed by atoms with Crippen molar-refractivity contribution >= 4 is 22.6 Å². The zero-order valence-electron chi connectivity index (χ0n) is 10.1. The van der Waals surface area contributed by atoms with E-state index in [4.69, 9.17) is 0 Å². The molecule has 19 heavy (non-hydrogen) atoms. The van der Waals surface area contributed by atoms with Crippen molar-refractivity contribution < 1.29 is 9.18 Å². The lowest BCUT2D eigenvalue weighted by molar-refractivity contribution is 0.102. The summed E-state index contributed by atoms with van der Waals surface area (Å²) in [4.78, 5) is 14.9. The summed E-state index contributed by atoms with van der Waals surface area (Å²) in [7, 11) is 0. The molecule has 0 saturated heterocycles. The van der Waals surface area contributed by atoms with E-state index in [1.165, 1.54) is 12.1 Å². The van der Waals surface area contributed by atoms with Gasteiger partial charge in [-0.3, -0.25) is 9.89 Å². The highest BCUT2D eigenvalue weighted by Crippen LogP contribution is 2.19. The third-order valence-electron chi connectivity index (χ3n) is 2.80. The van der Waals surface area contributed by atoms with Gasteiger partial charge in [0.2, 0.25) is 0 Å². The molecule has 0 unspecified atom stereocenters. The maximum absolute atomic E-state index is 13.5. The van der Waals surface area contributed by atoms with Gasteiger partial charge in [0.05, 0.1) is 0 Å². The van der Waals surface area contributed by atoms with E-state index in [-0.39, 0.29) is 11.7 Å². The van der Waals surface area contributed by atoms with Gasteiger partial charge in [0.25, 0.3) is 5.91 Å². The minimum atomic E-state index is -0.359. The lowest BCUT2D eigenvalue weighted by Crippen LogP contribution is -2.12. The second kappa shape index (κ2) is 4.24. The molecule has 0 saturated carbocycles. The average Bonchev–Trinajstić information content (AvgIpc) is 2.96. The molecule has 6 heteroatoms. The number of nitrogens with zero attached hydrogens (tertiary/aromatic N) is 1. The number of aromatic amines is 2. The van der Waals surface area contributed by atoms with Crippen LogP contribution in [0.1, 0.15) is 16.2 Å². The Morgan fingerprint density at radius 2 is 2.21 bits per heavy atom. The molecule has 0 bridgehead atoms. The summed E-state index contributed by atoms with van der Waals surface area (Å²) < 4.78 is 13.5. The number of H-pyrrole nitrogens is 2. The molecule has 0 fully saturated rings. The van der Waals surface area contributed by atoms with Crippen molar-refractivity contribution in [3.63, 3.8) is 0 Å². The van der Waals surface area contributed by atoms with E-state index in [2.05, 4.69) is 20.5 Å². The maximum Gasteiger partial charge on any atom is 0.273 e. The fourth-order valence-corrected chi connectivity index (χ4v) is 1.91. The summed E-state index contributed by atoms with van der Waals surface area (Å²) in [5.41, 5.74) is 1.72. The summed E-state index contributed by atoms with van der Waals surface area (Å²) in [5.74, 6) is -0.285. The van der Waals surface area contributed by atoms with Crippen LogP contribution in [0.2, 0.25) is 0 Å². The zero-order chi connectivity index (χ0) is 13.4. The number of anilines is 1. The first-order valence-electron chi connectivity index (χ1n) is 5.74. The van der Waals surface area contributed by atoms with Gasteiger partial charge >= 0.3 is 0 Å². The Morgan fingerprint density at radius 1 is 1.37 bits per heavy atom. The minimum absolute atomic E-state index is 0.292. The summed E-state index contributed by atoms with van der Waals surface area (Å²) in [6.07, 6.45) is 0. The Bertz CT molecular complexity index is 759. The van der Waals surface area contributed by atoms with Crippen LogP contribution in [-0.2, 0) is 0 Å². The number of hydrogen-bond acceptors (Lipinski definition) is 2. The van der Waals surface area contributed by atoms with Gasteiger partial charge < -0.3 is 10.3 Å². The number of nitrogens with one attached hydrogen (secondary N) is 3. The molecule has 0 spiro atoms. The van der Waals surface area contributed by atoms with Gasteiger partial charge in [0, 0.05) is 22.7 Å². The molecule has 3 rings (SSSR count). The van der Waals surface area contributed by atoms with Crippen LogP contribution in [0.15, 0.2) is 30.3 Å². The van der Waals surface area contributed by atoms with E-state index in [1.54, 1.807) is 18.2 Å². The van der Waals surface area contributed by atoms with Crippen LogP contribution in [-0.4, -0.2) is 21.1 Å². The van der Waals surface area contributed by atoms with Gasteiger partial charge in [0.15, 0.2) is 5.82 Å². The largest absolute Gasteiger partial charge is 0.350 e. The number of halogens is 1. The van der Waals surface area contributed by atoms with Crippen molar-refractivity contribution in [3.8, 4) is 0 Å². The average molecular weight is 258 g/mol. The molecule has 0 aliphatic carbocycles. The van der Waals surface area contributed by atoms with Crippen molar-refractivity contribution in [2.75, 3.05) is 5.32 Å². The predicted molar refractivity (Wildman–Crippen MR) is 69.5 cm³/mol. The van der Waals surface area contributed by atoms with Gasteiger partial charge in [-0.2, -0.15) is 5.10 Å². The summed E-state index contributed by atoms with van der Waals surface area (Å²) in [5, 5.41) is 9.65. The first-order valence-corrected chi connectivity index (χ1v) is 5.74. The van der Waals surface area contributed by atoms with E-state index in [1.807, 2.05) is 6.92 Å². The lowest BCUT2D eigenvalue weighted by atomic mass is 10.2. The molecule has 96 valence electrons. The SMILES string of the molecule is Cc1cc(NC(=O)c2cc3c(F)cccc3[nH]2)n[nH]1. The highest BCUT2D eigenvalue weighted by Gasteiger charge is 2.12. The predicted octanol–water partition coefficient (Wildman–Crippen LogP) is 2.59. The van der Waals surface area contributed by atoms with E-state index in [0.717, 1.165) is 5.69 Å². The topological polar surface area (TPSA) is 73.6 Å². The Labute approximate surface area is 107 Å². The number of amides is 1. The summed E-state index contributed by atoms with van der Waals surface area (Å²) >= 11 is 0. The van der Waals surface area contributed by atoms with Crippen molar-refractivity contribution in [3.05, 3.63) is 47.5 Å². The molecular formula is C13H11FN4O. The third-order valence-corrected chi connectivity index (χ3v) is 2.80. The molecule has 2 aromatic heterocycles. The summed E-state index contributed by atoms with van der Waals surface area (Å²) in [6.45, 7) is 1.83. The Kier molecular flexibility index (Phi) is 2.56. The van der Waals surface area contributed by atoms with Crippen LogP contribution < -0.4 is 5.32 Å². The van der Waals surface area contributed by atoms with E-state index >= 15 is 0 Å². The Balaban J connectivity index is 1.91. The summed E-state index contributed by atoms with van der Waals surface area (Å²) in [6, 6.07) is 7.86. The second-order valence-electron chi connectivity index (χ2n) is 4.27. The number of carbonyl (C=O) groups is 1. The van der Waals surface area contributed by atoms with E-state index < -0.39 is 0 Å². The molecule has 3 N–H and O–H groups in total. The number of hydrogen-bond donors (Lipinski definition) is 3. The van der Waals surface area contributed by atoms with Crippen LogP contribution in [0.3, 0.4) is 0 Å². The molecule has 0 radical (unpaired) electrons. The third kappa shape index (κ3) is 2.08. The molecule has 1 aromatic carbocycles. The van der Waals surface area contributed by atoms with Gasteiger partial charge in [-0.15, -0.1) is 0 Å². The standard InChI is InChI=1S/C13H11FN4O/c1-7-5-12(18-17-7)16-13(19)11-6-8-9(14)3-2-4-10(8)15-11/h2-6,15H,1H3,(H2,16,17,18,19). The van der Waals surface area contributed by atoms with Crippen LogP contribution >= 0.6 is 0 Å². The zero-order valence-corrected chi connectivity index (χ0v) is 10.1. The van der Waals surface area contributed by atoms with E-state index in [9.17, 15) is 9.18 Å². The fraction of sp³-hybridized carbons (Fsp3) is 0.0769. The van der Waals surface area contributed by atoms with Crippen molar-refractivity contribution in [2.45, 2.75) is 6.92 Å². The normalized spacial score (nSPS) is 10.8. The fourth-order valence-electron chi connectivity index (χ4n) is 1.91.